The summed E-state index contributed by atoms with van der Waals surface area (Å²) >= 11 is 1.07. The van der Waals surface area contributed by atoms with Crippen molar-refractivity contribution in [3.8, 4) is 0 Å². The van der Waals surface area contributed by atoms with Crippen LogP contribution in [0.3, 0.4) is 0 Å². The van der Waals surface area contributed by atoms with Crippen LogP contribution in [0.4, 0.5) is 13.2 Å². The van der Waals surface area contributed by atoms with E-state index in [4.69, 9.17) is 0 Å². The third kappa shape index (κ3) is 5.78. The van der Waals surface area contributed by atoms with E-state index in [1.165, 1.54) is 12.4 Å². The average Bonchev–Trinajstić information content (AvgIpc) is 2.82. The second-order valence-electron chi connectivity index (χ2n) is 4.58. The highest BCUT2D eigenvalue weighted by Crippen LogP contribution is 2.21. The van der Waals surface area contributed by atoms with Gasteiger partial charge in [-0.1, -0.05) is 17.8 Å². The molecule has 1 amide bonds. The number of hydrogen-bond donors (Lipinski definition) is 0. The third-order valence-corrected chi connectivity index (χ3v) is 3.44. The maximum atomic E-state index is 12.4. The summed E-state index contributed by atoms with van der Waals surface area (Å²) in [5.41, 5.74) is 0. The molecule has 9 heteroatoms. The van der Waals surface area contributed by atoms with E-state index in [1.807, 2.05) is 13.8 Å². The smallest absolute Gasteiger partial charge is 0.329 e. The summed E-state index contributed by atoms with van der Waals surface area (Å²) in [6.07, 6.45) is -1.64. The summed E-state index contributed by atoms with van der Waals surface area (Å²) in [7, 11) is 0. The van der Waals surface area contributed by atoms with Gasteiger partial charge in [-0.25, -0.2) is 0 Å². The molecule has 1 aromatic rings. The molecule has 0 aliphatic heterocycles. The van der Waals surface area contributed by atoms with Crippen molar-refractivity contribution < 1.29 is 18.0 Å². The SMILES string of the molecule is C=CCN(CC(F)(F)F)C(=O)CSc1nncn1C(C)C. The van der Waals surface area contributed by atoms with Crippen molar-refractivity contribution in [1.82, 2.24) is 19.7 Å². The lowest BCUT2D eigenvalue weighted by Crippen LogP contribution is -2.40. The summed E-state index contributed by atoms with van der Waals surface area (Å²) in [5.74, 6) is -0.745. The minimum Gasteiger partial charge on any atom is -0.329 e. The summed E-state index contributed by atoms with van der Waals surface area (Å²) in [6.45, 7) is 5.78. The van der Waals surface area contributed by atoms with Crippen LogP contribution in [0.5, 0.6) is 0 Å². The molecule has 0 saturated heterocycles. The van der Waals surface area contributed by atoms with Crippen LogP contribution in [0.2, 0.25) is 0 Å². The van der Waals surface area contributed by atoms with E-state index in [0.717, 1.165) is 16.7 Å². The van der Waals surface area contributed by atoms with E-state index < -0.39 is 18.6 Å². The van der Waals surface area contributed by atoms with Crippen LogP contribution in [0, 0.1) is 0 Å². The minimum atomic E-state index is -4.43. The molecule has 0 aromatic carbocycles. The number of hydrogen-bond acceptors (Lipinski definition) is 4. The summed E-state index contributed by atoms with van der Waals surface area (Å²) in [4.78, 5) is 12.6. The van der Waals surface area contributed by atoms with E-state index in [9.17, 15) is 18.0 Å². The normalized spacial score (nSPS) is 11.7. The first-order chi connectivity index (χ1) is 9.74. The van der Waals surface area contributed by atoms with E-state index in [0.29, 0.717) is 5.16 Å². The van der Waals surface area contributed by atoms with Crippen LogP contribution < -0.4 is 0 Å². The van der Waals surface area contributed by atoms with Gasteiger partial charge in [0.05, 0.1) is 5.75 Å². The number of halogens is 3. The fraction of sp³-hybridized carbons (Fsp3) is 0.583. The third-order valence-electron chi connectivity index (χ3n) is 2.49. The van der Waals surface area contributed by atoms with Gasteiger partial charge in [-0.15, -0.1) is 16.8 Å². The molecule has 5 nitrogen and oxygen atoms in total. The van der Waals surface area contributed by atoms with Crippen molar-refractivity contribution in [2.24, 2.45) is 0 Å². The number of thioether (sulfide) groups is 1. The van der Waals surface area contributed by atoms with Gasteiger partial charge in [0.2, 0.25) is 5.91 Å². The van der Waals surface area contributed by atoms with Crippen LogP contribution in [0.1, 0.15) is 19.9 Å². The monoisotopic (exact) mass is 322 g/mol. The predicted octanol–water partition coefficient (Wildman–Crippen LogP) is 2.53. The van der Waals surface area contributed by atoms with Crippen molar-refractivity contribution >= 4 is 17.7 Å². The summed E-state index contributed by atoms with van der Waals surface area (Å²) in [6, 6.07) is 0.108. The minimum absolute atomic E-state index is 0.108. The number of nitrogens with zero attached hydrogens (tertiary/aromatic N) is 4. The fourth-order valence-corrected chi connectivity index (χ4v) is 2.48. The number of carbonyl (C=O) groups excluding carboxylic acids is 1. The molecule has 0 atom stereocenters. The van der Waals surface area contributed by atoms with Gasteiger partial charge in [0, 0.05) is 12.6 Å². The number of amides is 1. The molecule has 0 fully saturated rings. The highest BCUT2D eigenvalue weighted by Gasteiger charge is 2.32. The first-order valence-electron chi connectivity index (χ1n) is 6.22. The van der Waals surface area contributed by atoms with Crippen LogP contribution in [-0.2, 0) is 4.79 Å². The maximum Gasteiger partial charge on any atom is 0.406 e. The zero-order valence-corrected chi connectivity index (χ0v) is 12.6. The molecule has 0 bridgehead atoms. The Bertz CT molecular complexity index is 487. The van der Waals surface area contributed by atoms with Crippen molar-refractivity contribution in [2.75, 3.05) is 18.8 Å². The van der Waals surface area contributed by atoms with Crippen molar-refractivity contribution in [3.63, 3.8) is 0 Å². The largest absolute Gasteiger partial charge is 0.406 e. The number of carbonyl (C=O) groups is 1. The Morgan fingerprint density at radius 2 is 2.24 bits per heavy atom. The summed E-state index contributed by atoms with van der Waals surface area (Å²) < 4.78 is 39.0. The first kappa shape index (κ1) is 17.5. The summed E-state index contributed by atoms with van der Waals surface area (Å²) in [5, 5.41) is 8.09. The molecule has 0 aliphatic rings. The molecule has 0 spiro atoms. The van der Waals surface area contributed by atoms with E-state index in [2.05, 4.69) is 16.8 Å². The number of aromatic nitrogens is 3. The molecule has 1 rings (SSSR count). The Labute approximate surface area is 125 Å². The highest BCUT2D eigenvalue weighted by atomic mass is 32.2. The predicted molar refractivity (Wildman–Crippen MR) is 74.0 cm³/mol. The molecule has 118 valence electrons. The zero-order chi connectivity index (χ0) is 16.0. The van der Waals surface area contributed by atoms with Gasteiger partial charge in [0.1, 0.15) is 12.9 Å². The Kier molecular flexibility index (Phi) is 6.25. The lowest BCUT2D eigenvalue weighted by molar-refractivity contribution is -0.158. The molecular formula is C12H17F3N4OS. The Morgan fingerprint density at radius 3 is 2.76 bits per heavy atom. The second-order valence-corrected chi connectivity index (χ2v) is 5.52. The zero-order valence-electron chi connectivity index (χ0n) is 11.8. The molecule has 0 unspecified atom stereocenters. The molecule has 0 saturated carbocycles. The van der Waals surface area contributed by atoms with E-state index >= 15 is 0 Å². The number of rotatable bonds is 7. The van der Waals surface area contributed by atoms with Gasteiger partial charge in [0.15, 0.2) is 5.16 Å². The van der Waals surface area contributed by atoms with E-state index in [1.54, 1.807) is 4.57 Å². The Hall–Kier alpha value is -1.51. The van der Waals surface area contributed by atoms with Crippen LogP contribution in [0.25, 0.3) is 0 Å². The van der Waals surface area contributed by atoms with Crippen LogP contribution in [0.15, 0.2) is 24.1 Å². The lowest BCUT2D eigenvalue weighted by Gasteiger charge is -2.22. The van der Waals surface area contributed by atoms with Gasteiger partial charge in [-0.3, -0.25) is 4.79 Å². The molecular weight excluding hydrogens is 305 g/mol. The van der Waals surface area contributed by atoms with Crippen molar-refractivity contribution in [1.29, 1.82) is 0 Å². The Morgan fingerprint density at radius 1 is 1.57 bits per heavy atom. The maximum absolute atomic E-state index is 12.4. The number of alkyl halides is 3. The van der Waals surface area contributed by atoms with Crippen molar-refractivity contribution in [2.45, 2.75) is 31.2 Å². The van der Waals surface area contributed by atoms with Gasteiger partial charge < -0.3 is 9.47 Å². The van der Waals surface area contributed by atoms with Gasteiger partial charge in [0.25, 0.3) is 0 Å². The molecule has 0 radical (unpaired) electrons. The standard InChI is InChI=1S/C12H17F3N4OS/c1-4-5-18(7-12(13,14)15)10(20)6-21-11-17-16-8-19(11)9(2)3/h4,8-9H,1,5-7H2,2-3H3. The Balaban J connectivity index is 2.65. The van der Waals surface area contributed by atoms with E-state index in [-0.39, 0.29) is 18.3 Å². The average molecular weight is 322 g/mol. The molecule has 1 heterocycles. The quantitative estimate of drug-likeness (QED) is 0.572. The second kappa shape index (κ2) is 7.48. The lowest BCUT2D eigenvalue weighted by atomic mass is 10.4. The molecule has 21 heavy (non-hydrogen) atoms. The molecule has 0 aliphatic carbocycles. The highest BCUT2D eigenvalue weighted by molar-refractivity contribution is 7.99. The molecule has 0 N–H and O–H groups in total. The van der Waals surface area contributed by atoms with Crippen molar-refractivity contribution in [3.05, 3.63) is 19.0 Å². The van der Waals surface area contributed by atoms with Crippen LogP contribution in [-0.4, -0.2) is 50.6 Å². The van der Waals surface area contributed by atoms with Crippen LogP contribution >= 0.6 is 11.8 Å². The van der Waals surface area contributed by atoms with Gasteiger partial charge >= 0.3 is 6.18 Å². The van der Waals surface area contributed by atoms with Gasteiger partial charge in [-0.05, 0) is 13.8 Å². The topological polar surface area (TPSA) is 51.0 Å². The molecule has 1 aromatic heterocycles. The fourth-order valence-electron chi connectivity index (χ4n) is 1.53. The first-order valence-corrected chi connectivity index (χ1v) is 7.21. The van der Waals surface area contributed by atoms with Gasteiger partial charge in [-0.2, -0.15) is 13.2 Å².